The number of carbonyl (C=O) groups excluding carboxylic acids is 1. The van der Waals surface area contributed by atoms with Gasteiger partial charge in [0.2, 0.25) is 0 Å². The molecule has 1 aromatic carbocycles. The van der Waals surface area contributed by atoms with Crippen molar-refractivity contribution in [3.63, 3.8) is 0 Å². The maximum Gasteiger partial charge on any atom is 0.274 e. The average Bonchev–Trinajstić information content (AvgIpc) is 3.27. The highest BCUT2D eigenvalue weighted by atomic mass is 35.5. The first kappa shape index (κ1) is 17.0. The molecule has 3 heterocycles. The minimum absolute atomic E-state index is 0.196. The number of anilines is 1. The normalized spacial score (nSPS) is 11.0. The third-order valence-corrected chi connectivity index (χ3v) is 5.89. The first-order chi connectivity index (χ1) is 12.6. The molecule has 4 rings (SSSR count). The van der Waals surface area contributed by atoms with Crippen molar-refractivity contribution in [2.45, 2.75) is 13.5 Å². The summed E-state index contributed by atoms with van der Waals surface area (Å²) in [6, 6.07) is 11.2. The van der Waals surface area contributed by atoms with Gasteiger partial charge in [-0.2, -0.15) is 0 Å². The van der Waals surface area contributed by atoms with Crippen molar-refractivity contribution in [3.05, 3.63) is 63.9 Å². The third kappa shape index (κ3) is 3.18. The number of nitrogens with zero attached hydrogens (tertiary/aromatic N) is 5. The van der Waals surface area contributed by atoms with Gasteiger partial charge in [-0.15, -0.1) is 5.10 Å². The van der Waals surface area contributed by atoms with E-state index in [1.807, 2.05) is 30.3 Å². The summed E-state index contributed by atoms with van der Waals surface area (Å²) in [5.74, 6) is -0.196. The second-order valence-corrected chi connectivity index (χ2v) is 7.65. The van der Waals surface area contributed by atoms with Crippen LogP contribution in [0.1, 0.15) is 21.1 Å². The predicted molar refractivity (Wildman–Crippen MR) is 104 cm³/mol. The molecule has 0 unspecified atom stereocenters. The van der Waals surface area contributed by atoms with Gasteiger partial charge in [0, 0.05) is 6.20 Å². The van der Waals surface area contributed by atoms with Gasteiger partial charge in [0.25, 0.3) is 5.91 Å². The van der Waals surface area contributed by atoms with Crippen LogP contribution in [0.4, 0.5) is 5.13 Å². The van der Waals surface area contributed by atoms with Crippen LogP contribution in [0.5, 0.6) is 0 Å². The number of pyridine rings is 1. The van der Waals surface area contributed by atoms with E-state index in [1.165, 1.54) is 11.3 Å². The van der Waals surface area contributed by atoms with Crippen LogP contribution in [-0.4, -0.2) is 25.5 Å². The molecular formula is C17H12ClN5OS2. The van der Waals surface area contributed by atoms with Crippen LogP contribution in [-0.2, 0) is 6.54 Å². The number of hydrogen-bond acceptors (Lipinski definition) is 7. The Balaban J connectivity index is 1.80. The van der Waals surface area contributed by atoms with Crippen molar-refractivity contribution < 1.29 is 4.79 Å². The summed E-state index contributed by atoms with van der Waals surface area (Å²) < 4.78 is 4.79. The molecule has 6 nitrogen and oxygen atoms in total. The molecule has 130 valence electrons. The number of benzene rings is 1. The van der Waals surface area contributed by atoms with Gasteiger partial charge in [-0.05, 0) is 42.7 Å². The number of aryl methyl sites for hydroxylation is 1. The first-order valence-corrected chi connectivity index (χ1v) is 9.66. The molecule has 1 amide bonds. The fraction of sp³-hybridized carbons (Fsp3) is 0.118. The fourth-order valence-corrected chi connectivity index (χ4v) is 4.32. The molecule has 0 bridgehead atoms. The molecule has 0 saturated heterocycles. The van der Waals surface area contributed by atoms with Crippen LogP contribution in [0.3, 0.4) is 0 Å². The molecule has 0 fully saturated rings. The van der Waals surface area contributed by atoms with Crippen molar-refractivity contribution >= 4 is 55.7 Å². The van der Waals surface area contributed by atoms with E-state index in [2.05, 4.69) is 19.6 Å². The first-order valence-electron chi connectivity index (χ1n) is 7.69. The number of hydrogen-bond donors (Lipinski definition) is 0. The average molecular weight is 402 g/mol. The van der Waals surface area contributed by atoms with Crippen molar-refractivity contribution in [1.29, 1.82) is 0 Å². The SMILES string of the molecule is Cc1nnsc1C(=O)N(Cc1ccccn1)c1nc2c(Cl)cccc2s1. The lowest BCUT2D eigenvalue weighted by atomic mass is 10.3. The molecular weight excluding hydrogens is 390 g/mol. The largest absolute Gasteiger partial charge is 0.277 e. The van der Waals surface area contributed by atoms with Gasteiger partial charge in [-0.3, -0.25) is 14.7 Å². The highest BCUT2D eigenvalue weighted by Gasteiger charge is 2.25. The quantitative estimate of drug-likeness (QED) is 0.508. The molecule has 9 heteroatoms. The Hall–Kier alpha value is -2.42. The van der Waals surface area contributed by atoms with Crippen molar-refractivity contribution in [2.75, 3.05) is 4.90 Å². The Morgan fingerprint density at radius 1 is 1.23 bits per heavy atom. The summed E-state index contributed by atoms with van der Waals surface area (Å²) in [5, 5.41) is 5.07. The van der Waals surface area contributed by atoms with E-state index in [1.54, 1.807) is 24.1 Å². The molecule has 0 spiro atoms. The minimum atomic E-state index is -0.196. The maximum absolute atomic E-state index is 13.2. The highest BCUT2D eigenvalue weighted by Crippen LogP contribution is 2.34. The van der Waals surface area contributed by atoms with Crippen LogP contribution in [0.25, 0.3) is 10.2 Å². The number of rotatable bonds is 4. The zero-order valence-electron chi connectivity index (χ0n) is 13.6. The smallest absolute Gasteiger partial charge is 0.274 e. The van der Waals surface area contributed by atoms with Crippen molar-refractivity contribution in [1.82, 2.24) is 19.6 Å². The number of amides is 1. The highest BCUT2D eigenvalue weighted by molar-refractivity contribution is 7.22. The van der Waals surface area contributed by atoms with E-state index in [0.717, 1.165) is 21.9 Å². The van der Waals surface area contributed by atoms with Gasteiger partial charge in [0.1, 0.15) is 10.4 Å². The van der Waals surface area contributed by atoms with Gasteiger partial charge < -0.3 is 0 Å². The zero-order chi connectivity index (χ0) is 18.1. The standard InChI is InChI=1S/C17H12ClN5OS2/c1-10-15(26-22-21-10)16(24)23(9-11-5-2-3-8-19-11)17-20-14-12(18)6-4-7-13(14)25-17/h2-8H,9H2,1H3. The Bertz CT molecular complexity index is 1080. The lowest BCUT2D eigenvalue weighted by Crippen LogP contribution is -2.30. The summed E-state index contributed by atoms with van der Waals surface area (Å²) >= 11 is 8.75. The summed E-state index contributed by atoms with van der Waals surface area (Å²) in [6.45, 7) is 2.07. The number of halogens is 1. The second kappa shape index (κ2) is 7.06. The van der Waals surface area contributed by atoms with Crippen LogP contribution in [0, 0.1) is 6.92 Å². The molecule has 0 saturated carbocycles. The number of aromatic nitrogens is 4. The minimum Gasteiger partial charge on any atom is -0.277 e. The van der Waals surface area contributed by atoms with E-state index in [0.29, 0.717) is 32.8 Å². The fourth-order valence-electron chi connectivity index (χ4n) is 2.45. The molecule has 0 aliphatic carbocycles. The number of fused-ring (bicyclic) bond motifs is 1. The molecule has 0 atom stereocenters. The summed E-state index contributed by atoms with van der Waals surface area (Å²) in [7, 11) is 0. The Kier molecular flexibility index (Phi) is 4.62. The molecule has 4 aromatic rings. The lowest BCUT2D eigenvalue weighted by Gasteiger charge is -2.18. The van der Waals surface area contributed by atoms with Crippen molar-refractivity contribution in [3.8, 4) is 0 Å². The van der Waals surface area contributed by atoms with Crippen molar-refractivity contribution in [2.24, 2.45) is 0 Å². The van der Waals surface area contributed by atoms with E-state index >= 15 is 0 Å². The number of carbonyl (C=O) groups is 1. The molecule has 0 N–H and O–H groups in total. The Morgan fingerprint density at radius 3 is 2.81 bits per heavy atom. The molecule has 0 radical (unpaired) electrons. The third-order valence-electron chi connectivity index (χ3n) is 3.73. The van der Waals surface area contributed by atoms with Crippen LogP contribution in [0.2, 0.25) is 5.02 Å². The van der Waals surface area contributed by atoms with Crippen LogP contribution < -0.4 is 4.90 Å². The zero-order valence-corrected chi connectivity index (χ0v) is 16.0. The number of para-hydroxylation sites is 1. The monoisotopic (exact) mass is 401 g/mol. The van der Waals surface area contributed by atoms with E-state index in [-0.39, 0.29) is 5.91 Å². The van der Waals surface area contributed by atoms with E-state index < -0.39 is 0 Å². The van der Waals surface area contributed by atoms with Gasteiger partial charge >= 0.3 is 0 Å². The van der Waals surface area contributed by atoms with Gasteiger partial charge in [-0.25, -0.2) is 4.98 Å². The van der Waals surface area contributed by atoms with Gasteiger partial charge in [0.05, 0.1) is 27.7 Å². The summed E-state index contributed by atoms with van der Waals surface area (Å²) in [5.41, 5.74) is 2.05. The van der Waals surface area contributed by atoms with E-state index in [9.17, 15) is 4.79 Å². The predicted octanol–water partition coefficient (Wildman–Crippen LogP) is 4.35. The van der Waals surface area contributed by atoms with E-state index in [4.69, 9.17) is 11.6 Å². The number of thiazole rings is 1. The van der Waals surface area contributed by atoms with Gasteiger partial charge in [-0.1, -0.05) is 39.6 Å². The molecule has 26 heavy (non-hydrogen) atoms. The Morgan fingerprint density at radius 2 is 2.12 bits per heavy atom. The van der Waals surface area contributed by atoms with Crippen LogP contribution >= 0.6 is 34.5 Å². The molecule has 0 aliphatic heterocycles. The molecule has 3 aromatic heterocycles. The van der Waals surface area contributed by atoms with Crippen LogP contribution in [0.15, 0.2) is 42.6 Å². The second-order valence-electron chi connectivity index (χ2n) is 5.48. The maximum atomic E-state index is 13.2. The summed E-state index contributed by atoms with van der Waals surface area (Å²) in [6.07, 6.45) is 1.70. The van der Waals surface area contributed by atoms with Gasteiger partial charge in [0.15, 0.2) is 5.13 Å². The topological polar surface area (TPSA) is 71.9 Å². The molecule has 0 aliphatic rings. The summed E-state index contributed by atoms with van der Waals surface area (Å²) in [4.78, 5) is 24.2. The Labute approximate surface area is 162 Å². The lowest BCUT2D eigenvalue weighted by molar-refractivity contribution is 0.0988.